The molecule has 1 atom stereocenters. The van der Waals surface area contributed by atoms with E-state index < -0.39 is 5.82 Å². The van der Waals surface area contributed by atoms with Crippen LogP contribution in [0, 0.1) is 11.7 Å². The number of carbonyl (C=O) groups is 5. The van der Waals surface area contributed by atoms with Gasteiger partial charge in [0.1, 0.15) is 0 Å². The Hall–Kier alpha value is -6.87. The molecule has 16 heteroatoms. The Balaban J connectivity index is 0.737. The second-order valence-electron chi connectivity index (χ2n) is 16.4. The van der Waals surface area contributed by atoms with Gasteiger partial charge >= 0.3 is 0 Å². The van der Waals surface area contributed by atoms with Crippen LogP contribution in [0.25, 0.3) is 0 Å². The number of imide groups is 1. The van der Waals surface area contributed by atoms with Crippen LogP contribution in [0.3, 0.4) is 0 Å². The zero-order valence-corrected chi connectivity index (χ0v) is 35.9. The number of hydrogen-bond acceptors (Lipinski definition) is 10. The molecule has 5 N–H and O–H groups in total. The normalized spacial score (nSPS) is 17.1. The third kappa shape index (κ3) is 11.0. The molecule has 0 saturated carbocycles. The number of hydrogen-bond donors (Lipinski definition) is 5. The number of carbonyl (C=O) groups excluding carboxylic acids is 5. The van der Waals surface area contributed by atoms with E-state index in [0.29, 0.717) is 84.3 Å². The summed E-state index contributed by atoms with van der Waals surface area (Å²) in [7, 11) is 0. The van der Waals surface area contributed by atoms with Crippen LogP contribution < -0.4 is 31.5 Å². The molecular formula is C48H49ClFN9O5. The van der Waals surface area contributed by atoms with Crippen molar-refractivity contribution < 1.29 is 28.4 Å². The summed E-state index contributed by atoms with van der Waals surface area (Å²) >= 11 is 6.15. The fraction of sp³-hybridized carbons (Fsp3) is 0.312. The fourth-order valence-electron chi connectivity index (χ4n) is 8.38. The summed E-state index contributed by atoms with van der Waals surface area (Å²) in [5.41, 5.74) is 4.51. The third-order valence-electron chi connectivity index (χ3n) is 12.1. The molecule has 3 aliphatic heterocycles. The molecule has 0 bridgehead atoms. The van der Waals surface area contributed by atoms with Crippen molar-refractivity contribution in [3.05, 3.63) is 131 Å². The lowest BCUT2D eigenvalue weighted by atomic mass is 9.89. The van der Waals surface area contributed by atoms with Crippen molar-refractivity contribution in [3.63, 3.8) is 0 Å². The molecule has 5 aromatic rings. The van der Waals surface area contributed by atoms with Gasteiger partial charge in [0.2, 0.25) is 23.7 Å². The Morgan fingerprint density at radius 2 is 1.42 bits per heavy atom. The van der Waals surface area contributed by atoms with Crippen LogP contribution in [0.4, 0.5) is 38.9 Å². The molecule has 3 saturated heterocycles. The zero-order chi connectivity index (χ0) is 44.6. The SMILES string of the molecule is O=C1CCC(c2ccc(N3CCC(CCC(=O)N4CCC(NC(=O)c5ccc(Nc6ncc(F)c(Nc7ccc(C(=O)Nc8ccccc8Cl)cc7)n6)cc5)CC4)CC3)cc2)C(=O)N1. The minimum atomic E-state index is -0.670. The molecule has 8 rings (SSSR count). The molecule has 0 aliphatic carbocycles. The summed E-state index contributed by atoms with van der Waals surface area (Å²) in [4.78, 5) is 75.4. The van der Waals surface area contributed by atoms with Crippen LogP contribution in [0.15, 0.2) is 103 Å². The molecule has 3 aliphatic rings. The van der Waals surface area contributed by atoms with Crippen molar-refractivity contribution >= 4 is 75.7 Å². The molecule has 330 valence electrons. The topological polar surface area (TPSA) is 178 Å². The third-order valence-corrected chi connectivity index (χ3v) is 12.5. The van der Waals surface area contributed by atoms with E-state index >= 15 is 0 Å². The van der Waals surface area contributed by atoms with Gasteiger partial charge in [-0.3, -0.25) is 29.3 Å². The Labute approximate surface area is 375 Å². The van der Waals surface area contributed by atoms with E-state index in [0.717, 1.165) is 49.8 Å². The largest absolute Gasteiger partial charge is 0.372 e. The fourth-order valence-corrected chi connectivity index (χ4v) is 8.57. The van der Waals surface area contributed by atoms with Crippen molar-refractivity contribution in [3.8, 4) is 0 Å². The van der Waals surface area contributed by atoms with Gasteiger partial charge in [-0.2, -0.15) is 4.98 Å². The summed E-state index contributed by atoms with van der Waals surface area (Å²) in [6.07, 6.45) is 6.71. The number of nitrogens with zero attached hydrogens (tertiary/aromatic N) is 4. The van der Waals surface area contributed by atoms with E-state index in [1.54, 1.807) is 72.8 Å². The van der Waals surface area contributed by atoms with E-state index in [1.807, 2.05) is 17.0 Å². The van der Waals surface area contributed by atoms with Gasteiger partial charge in [-0.1, -0.05) is 35.9 Å². The van der Waals surface area contributed by atoms with Crippen molar-refractivity contribution in [1.29, 1.82) is 0 Å². The van der Waals surface area contributed by atoms with Gasteiger partial charge in [0.05, 0.1) is 22.8 Å². The second kappa shape index (κ2) is 20.1. The van der Waals surface area contributed by atoms with Crippen molar-refractivity contribution in [2.45, 2.75) is 63.3 Å². The Bertz CT molecular complexity index is 2490. The van der Waals surface area contributed by atoms with Crippen molar-refractivity contribution in [2.75, 3.05) is 47.0 Å². The van der Waals surface area contributed by atoms with Gasteiger partial charge in [0.15, 0.2) is 11.6 Å². The van der Waals surface area contributed by atoms with Gasteiger partial charge in [-0.15, -0.1) is 0 Å². The van der Waals surface area contributed by atoms with Gasteiger partial charge in [0, 0.05) is 73.3 Å². The quantitative estimate of drug-likeness (QED) is 0.0730. The summed E-state index contributed by atoms with van der Waals surface area (Å²) in [6.45, 7) is 3.02. The highest BCUT2D eigenvalue weighted by atomic mass is 35.5. The van der Waals surface area contributed by atoms with E-state index in [-0.39, 0.29) is 53.3 Å². The maximum absolute atomic E-state index is 14.7. The summed E-state index contributed by atoms with van der Waals surface area (Å²) in [5.74, 6) is -1.22. The number of amides is 5. The molecule has 64 heavy (non-hydrogen) atoms. The van der Waals surface area contributed by atoms with Crippen molar-refractivity contribution in [1.82, 2.24) is 25.5 Å². The highest BCUT2D eigenvalue weighted by Gasteiger charge is 2.29. The molecule has 4 aromatic carbocycles. The number of para-hydroxylation sites is 1. The molecule has 3 fully saturated rings. The first-order valence-corrected chi connectivity index (χ1v) is 22.0. The summed E-state index contributed by atoms with van der Waals surface area (Å²) in [6, 6.07) is 28.3. The van der Waals surface area contributed by atoms with Crippen LogP contribution in [0.5, 0.6) is 0 Å². The minimum Gasteiger partial charge on any atom is -0.372 e. The molecule has 5 amide bonds. The van der Waals surface area contributed by atoms with Crippen LogP contribution in [-0.2, 0) is 14.4 Å². The summed E-state index contributed by atoms with van der Waals surface area (Å²) in [5, 5.41) is 14.7. The maximum Gasteiger partial charge on any atom is 0.255 e. The number of benzene rings is 4. The smallest absolute Gasteiger partial charge is 0.255 e. The highest BCUT2D eigenvalue weighted by Crippen LogP contribution is 2.31. The van der Waals surface area contributed by atoms with Crippen LogP contribution >= 0.6 is 11.6 Å². The average molecular weight is 886 g/mol. The Morgan fingerprint density at radius 3 is 2.09 bits per heavy atom. The first kappa shape index (κ1) is 43.8. The second-order valence-corrected chi connectivity index (χ2v) is 16.8. The van der Waals surface area contributed by atoms with Crippen LogP contribution in [0.1, 0.15) is 83.6 Å². The monoisotopic (exact) mass is 885 g/mol. The Morgan fingerprint density at radius 1 is 0.766 bits per heavy atom. The standard InChI is InChI=1S/C48H49ClFN9O5/c49-39-3-1-2-4-41(39)55-46(63)33-6-12-34(13-7-33)52-44-40(50)29-51-48(57-44)54-35-14-8-32(9-15-35)45(62)53-36-23-27-59(28-24-36)43(61)20-5-30-21-25-58(26-22-30)37-16-10-31(11-17-37)38-18-19-42(60)56-47(38)64/h1-4,6-17,29-30,36,38H,5,18-28H2,(H,53,62)(H,55,63)(H,56,60,64)(H2,51,52,54,57). The number of piperidine rings is 3. The van der Waals surface area contributed by atoms with Gasteiger partial charge in [0.25, 0.3) is 11.8 Å². The molecule has 0 radical (unpaired) electrons. The minimum absolute atomic E-state index is 0.0444. The number of halogens is 2. The Kier molecular flexibility index (Phi) is 13.7. The van der Waals surface area contributed by atoms with Crippen LogP contribution in [0.2, 0.25) is 5.02 Å². The van der Waals surface area contributed by atoms with E-state index in [1.165, 1.54) is 0 Å². The lowest BCUT2D eigenvalue weighted by Gasteiger charge is -2.35. The maximum atomic E-state index is 14.7. The van der Waals surface area contributed by atoms with Crippen molar-refractivity contribution in [2.24, 2.45) is 5.92 Å². The predicted molar refractivity (Wildman–Crippen MR) is 244 cm³/mol. The highest BCUT2D eigenvalue weighted by molar-refractivity contribution is 6.33. The predicted octanol–water partition coefficient (Wildman–Crippen LogP) is 7.95. The van der Waals surface area contributed by atoms with Crippen LogP contribution in [-0.4, -0.2) is 76.6 Å². The van der Waals surface area contributed by atoms with Gasteiger partial charge in [-0.25, -0.2) is 9.37 Å². The molecule has 1 unspecified atom stereocenters. The lowest BCUT2D eigenvalue weighted by molar-refractivity contribution is -0.134. The molecule has 4 heterocycles. The number of likely N-dealkylation sites (tertiary alicyclic amines) is 1. The van der Waals surface area contributed by atoms with Gasteiger partial charge < -0.3 is 31.1 Å². The number of rotatable bonds is 13. The number of nitrogens with one attached hydrogen (secondary N) is 5. The lowest BCUT2D eigenvalue weighted by Crippen LogP contribution is -2.46. The first-order valence-electron chi connectivity index (χ1n) is 21.6. The number of aromatic nitrogens is 2. The number of anilines is 6. The molecule has 0 spiro atoms. The first-order chi connectivity index (χ1) is 31.0. The zero-order valence-electron chi connectivity index (χ0n) is 35.1. The molecule has 1 aromatic heterocycles. The summed E-state index contributed by atoms with van der Waals surface area (Å²) < 4.78 is 14.7. The molecule has 14 nitrogen and oxygen atoms in total. The van der Waals surface area contributed by atoms with Gasteiger partial charge in [-0.05, 0) is 123 Å². The van der Waals surface area contributed by atoms with E-state index in [4.69, 9.17) is 11.6 Å². The van der Waals surface area contributed by atoms with E-state index in [2.05, 4.69) is 53.6 Å². The van der Waals surface area contributed by atoms with E-state index in [9.17, 15) is 28.4 Å². The average Bonchev–Trinajstić information content (AvgIpc) is 3.31. The molecular weight excluding hydrogens is 837 g/mol.